The zero-order chi connectivity index (χ0) is 13.7. The van der Waals surface area contributed by atoms with Crippen LogP contribution in [-0.4, -0.2) is 24.9 Å². The fourth-order valence-corrected chi connectivity index (χ4v) is 2.83. The molecular formula is C16H25NO2. The van der Waals surface area contributed by atoms with Crippen molar-refractivity contribution < 1.29 is 9.84 Å². The molecule has 0 bridgehead atoms. The second kappa shape index (κ2) is 6.92. The highest BCUT2D eigenvalue weighted by molar-refractivity contribution is 5.35. The Kier molecular flexibility index (Phi) is 5.23. The molecule has 0 aliphatic heterocycles. The van der Waals surface area contributed by atoms with Gasteiger partial charge >= 0.3 is 0 Å². The Morgan fingerprint density at radius 2 is 1.95 bits per heavy atom. The number of aliphatic hydroxyl groups excluding tert-OH is 1. The van der Waals surface area contributed by atoms with E-state index in [2.05, 4.69) is 18.3 Å². The van der Waals surface area contributed by atoms with E-state index in [0.29, 0.717) is 12.0 Å². The summed E-state index contributed by atoms with van der Waals surface area (Å²) in [5.41, 5.74) is 1.21. The third kappa shape index (κ3) is 3.95. The van der Waals surface area contributed by atoms with Gasteiger partial charge in [0.05, 0.1) is 13.2 Å². The van der Waals surface area contributed by atoms with Gasteiger partial charge in [-0.3, -0.25) is 0 Å². The first-order valence-corrected chi connectivity index (χ1v) is 7.25. The molecule has 0 heterocycles. The predicted octanol–water partition coefficient (Wildman–Crippen LogP) is 2.90. The molecule has 1 aromatic carbocycles. The summed E-state index contributed by atoms with van der Waals surface area (Å²) in [7, 11) is 1.72. The summed E-state index contributed by atoms with van der Waals surface area (Å²) in [6, 6.07) is 8.46. The second-order valence-electron chi connectivity index (χ2n) is 5.55. The number of nitrogens with one attached hydrogen (secondary N) is 1. The maximum atomic E-state index is 9.51. The van der Waals surface area contributed by atoms with Crippen LogP contribution in [-0.2, 0) is 0 Å². The van der Waals surface area contributed by atoms with Crippen molar-refractivity contribution in [1.29, 1.82) is 0 Å². The minimum Gasteiger partial charge on any atom is -0.496 e. The van der Waals surface area contributed by atoms with E-state index in [4.69, 9.17) is 4.74 Å². The molecule has 0 aromatic heterocycles. The number of hydrogen-bond donors (Lipinski definition) is 2. The largest absolute Gasteiger partial charge is 0.496 e. The maximum Gasteiger partial charge on any atom is 0.123 e. The molecule has 3 nitrogen and oxygen atoms in total. The van der Waals surface area contributed by atoms with Crippen molar-refractivity contribution >= 4 is 0 Å². The van der Waals surface area contributed by atoms with E-state index in [1.165, 1.54) is 5.56 Å². The Morgan fingerprint density at radius 1 is 1.26 bits per heavy atom. The van der Waals surface area contributed by atoms with Gasteiger partial charge in [-0.15, -0.1) is 0 Å². The van der Waals surface area contributed by atoms with Gasteiger partial charge in [-0.2, -0.15) is 0 Å². The van der Waals surface area contributed by atoms with Crippen molar-refractivity contribution in [3.05, 3.63) is 29.8 Å². The number of ether oxygens (including phenoxy) is 1. The summed E-state index contributed by atoms with van der Waals surface area (Å²) in [4.78, 5) is 0. The summed E-state index contributed by atoms with van der Waals surface area (Å²) in [6.07, 6.45) is 4.10. The lowest BCUT2D eigenvalue weighted by Gasteiger charge is -2.27. The molecule has 1 aliphatic carbocycles. The maximum absolute atomic E-state index is 9.51. The first kappa shape index (κ1) is 14.4. The second-order valence-corrected chi connectivity index (χ2v) is 5.55. The van der Waals surface area contributed by atoms with Gasteiger partial charge < -0.3 is 15.2 Å². The third-order valence-electron chi connectivity index (χ3n) is 4.13. The van der Waals surface area contributed by atoms with Gasteiger partial charge in [0, 0.05) is 11.6 Å². The van der Waals surface area contributed by atoms with Gasteiger partial charge in [0.2, 0.25) is 0 Å². The molecule has 0 saturated heterocycles. The van der Waals surface area contributed by atoms with Gasteiger partial charge in [0.25, 0.3) is 0 Å². The lowest BCUT2D eigenvalue weighted by molar-refractivity contribution is 0.107. The fraction of sp³-hybridized carbons (Fsp3) is 0.625. The van der Waals surface area contributed by atoms with Gasteiger partial charge in [-0.25, -0.2) is 0 Å². The van der Waals surface area contributed by atoms with Gasteiger partial charge in [-0.05, 0) is 51.1 Å². The Morgan fingerprint density at radius 3 is 2.63 bits per heavy atom. The average molecular weight is 263 g/mol. The molecule has 2 N–H and O–H groups in total. The Bertz CT molecular complexity index is 386. The summed E-state index contributed by atoms with van der Waals surface area (Å²) in [6.45, 7) is 3.20. The molecule has 0 radical (unpaired) electrons. The highest BCUT2D eigenvalue weighted by Gasteiger charge is 2.20. The van der Waals surface area contributed by atoms with E-state index in [-0.39, 0.29) is 6.10 Å². The smallest absolute Gasteiger partial charge is 0.123 e. The lowest BCUT2D eigenvalue weighted by atomic mass is 9.87. The number of hydrogen-bond acceptors (Lipinski definition) is 3. The molecule has 1 aliphatic rings. The van der Waals surface area contributed by atoms with Crippen LogP contribution >= 0.6 is 0 Å². The van der Waals surface area contributed by atoms with Crippen LogP contribution in [0.4, 0.5) is 0 Å². The van der Waals surface area contributed by atoms with E-state index in [9.17, 15) is 5.11 Å². The number of methoxy groups -OCH3 is 1. The zero-order valence-corrected chi connectivity index (χ0v) is 11.9. The molecule has 0 amide bonds. The summed E-state index contributed by atoms with van der Waals surface area (Å²) in [5.74, 6) is 1.64. The minimum atomic E-state index is -0.0668. The van der Waals surface area contributed by atoms with Gasteiger partial charge in [-0.1, -0.05) is 18.2 Å². The first-order chi connectivity index (χ1) is 9.20. The number of benzene rings is 1. The molecule has 3 heteroatoms. The van der Waals surface area contributed by atoms with Crippen LogP contribution in [0, 0.1) is 5.92 Å². The van der Waals surface area contributed by atoms with Crippen LogP contribution in [0.2, 0.25) is 0 Å². The van der Waals surface area contributed by atoms with Crippen LogP contribution in [0.5, 0.6) is 5.75 Å². The molecule has 1 atom stereocenters. The van der Waals surface area contributed by atoms with Crippen molar-refractivity contribution in [2.24, 2.45) is 5.92 Å². The van der Waals surface area contributed by atoms with Crippen molar-refractivity contribution in [1.82, 2.24) is 5.32 Å². The molecule has 1 unspecified atom stereocenters. The fourth-order valence-electron chi connectivity index (χ4n) is 2.83. The van der Waals surface area contributed by atoms with Crippen LogP contribution in [0.1, 0.15) is 44.2 Å². The van der Waals surface area contributed by atoms with Crippen LogP contribution in [0.25, 0.3) is 0 Å². The quantitative estimate of drug-likeness (QED) is 0.858. The Labute approximate surface area is 116 Å². The standard InChI is InChI=1S/C16H25NO2/c1-12(15-5-3-4-6-16(15)19-2)17-11-13-7-9-14(18)10-8-13/h3-6,12-14,17-18H,7-11H2,1-2H3. The summed E-state index contributed by atoms with van der Waals surface area (Å²) in [5, 5.41) is 13.1. The molecule has 2 rings (SSSR count). The highest BCUT2D eigenvalue weighted by Crippen LogP contribution is 2.27. The van der Waals surface area contributed by atoms with Crippen LogP contribution in [0.15, 0.2) is 24.3 Å². The number of rotatable bonds is 5. The highest BCUT2D eigenvalue weighted by atomic mass is 16.5. The third-order valence-corrected chi connectivity index (χ3v) is 4.13. The Balaban J connectivity index is 1.85. The van der Waals surface area contributed by atoms with Crippen molar-refractivity contribution in [3.8, 4) is 5.75 Å². The van der Waals surface area contributed by atoms with E-state index in [1.54, 1.807) is 7.11 Å². The van der Waals surface area contributed by atoms with Gasteiger partial charge in [0.1, 0.15) is 5.75 Å². The molecule has 1 aromatic rings. The normalized spacial score (nSPS) is 25.0. The molecular weight excluding hydrogens is 238 g/mol. The summed E-state index contributed by atoms with van der Waals surface area (Å²) >= 11 is 0. The van der Waals surface area contributed by atoms with E-state index >= 15 is 0 Å². The van der Waals surface area contributed by atoms with Gasteiger partial charge in [0.15, 0.2) is 0 Å². The summed E-state index contributed by atoms with van der Waals surface area (Å²) < 4.78 is 5.40. The predicted molar refractivity (Wildman–Crippen MR) is 77.4 cm³/mol. The zero-order valence-electron chi connectivity index (χ0n) is 11.9. The van der Waals surface area contributed by atoms with E-state index in [1.807, 2.05) is 18.2 Å². The first-order valence-electron chi connectivity index (χ1n) is 7.25. The van der Waals surface area contributed by atoms with Crippen molar-refractivity contribution in [2.75, 3.05) is 13.7 Å². The van der Waals surface area contributed by atoms with E-state index < -0.39 is 0 Å². The SMILES string of the molecule is COc1ccccc1C(C)NCC1CCC(O)CC1. The molecule has 19 heavy (non-hydrogen) atoms. The molecule has 0 spiro atoms. The topological polar surface area (TPSA) is 41.5 Å². The van der Waals surface area contributed by atoms with Crippen LogP contribution in [0.3, 0.4) is 0 Å². The van der Waals surface area contributed by atoms with Crippen LogP contribution < -0.4 is 10.1 Å². The molecule has 1 saturated carbocycles. The lowest BCUT2D eigenvalue weighted by Crippen LogP contribution is -2.29. The molecule has 106 valence electrons. The van der Waals surface area contributed by atoms with Crippen molar-refractivity contribution in [2.45, 2.75) is 44.8 Å². The average Bonchev–Trinajstić information content (AvgIpc) is 2.46. The number of para-hydroxylation sites is 1. The molecule has 1 fully saturated rings. The number of aliphatic hydroxyl groups is 1. The van der Waals surface area contributed by atoms with E-state index in [0.717, 1.165) is 38.0 Å². The Hall–Kier alpha value is -1.06. The van der Waals surface area contributed by atoms with Crippen molar-refractivity contribution in [3.63, 3.8) is 0 Å². The monoisotopic (exact) mass is 263 g/mol. The minimum absolute atomic E-state index is 0.0668.